The predicted octanol–water partition coefficient (Wildman–Crippen LogP) is 2.53. The maximum absolute atomic E-state index is 5.97. The number of nitrogens with two attached hydrogens (primary N) is 1. The molecule has 0 saturated heterocycles. The Kier molecular flexibility index (Phi) is 3.30. The molecule has 1 aromatic carbocycles. The summed E-state index contributed by atoms with van der Waals surface area (Å²) in [5.74, 6) is 0.609. The largest absolute Gasteiger partial charge is 0.383 e. The molecule has 98 valence electrons. The van der Waals surface area contributed by atoms with Crippen LogP contribution < -0.4 is 10.6 Å². The zero-order valence-electron chi connectivity index (χ0n) is 10.7. The Morgan fingerprint density at radius 2 is 2.16 bits per heavy atom. The average Bonchev–Trinajstić information content (AvgIpc) is 2.42. The van der Waals surface area contributed by atoms with Crippen LogP contribution in [0.4, 0.5) is 11.5 Å². The summed E-state index contributed by atoms with van der Waals surface area (Å²) in [5, 5.41) is 0. The molecule has 0 aliphatic carbocycles. The van der Waals surface area contributed by atoms with Crippen molar-refractivity contribution in [3.63, 3.8) is 0 Å². The fourth-order valence-electron chi connectivity index (χ4n) is 2.49. The number of hydrogen-bond acceptors (Lipinski definition) is 4. The van der Waals surface area contributed by atoms with Crippen LogP contribution in [0.25, 0.3) is 0 Å². The van der Waals surface area contributed by atoms with Gasteiger partial charge in [-0.3, -0.25) is 0 Å². The summed E-state index contributed by atoms with van der Waals surface area (Å²) in [6.45, 7) is 3.92. The molecule has 1 aromatic heterocycles. The number of halogens is 1. The third-order valence-electron chi connectivity index (χ3n) is 3.55. The molecule has 0 saturated carbocycles. The molecular weight excluding hydrogens is 351 g/mol. The molecule has 1 aliphatic heterocycles. The number of nitrogen functional groups attached to an aromatic ring is 1. The molecule has 2 aromatic rings. The van der Waals surface area contributed by atoms with Crippen molar-refractivity contribution in [3.05, 3.63) is 44.9 Å². The minimum absolute atomic E-state index is 0.609. The van der Waals surface area contributed by atoms with Gasteiger partial charge in [-0.25, -0.2) is 9.97 Å². The highest BCUT2D eigenvalue weighted by Gasteiger charge is 2.21. The van der Waals surface area contributed by atoms with Gasteiger partial charge in [0.1, 0.15) is 12.1 Å². The lowest BCUT2D eigenvalue weighted by atomic mass is 10.0. The maximum Gasteiger partial charge on any atom is 0.132 e. The molecule has 0 atom stereocenters. The van der Waals surface area contributed by atoms with E-state index in [4.69, 9.17) is 5.73 Å². The first-order valence-corrected chi connectivity index (χ1v) is 7.32. The SMILES string of the molecule is Cc1ccc(I)cc1N1CCc2ncnc(N)c2C1. The number of hydrogen-bond donors (Lipinski definition) is 1. The van der Waals surface area contributed by atoms with Crippen LogP contribution in [0.5, 0.6) is 0 Å². The molecule has 0 unspecified atom stereocenters. The Morgan fingerprint density at radius 1 is 1.32 bits per heavy atom. The Bertz CT molecular complexity index is 627. The standard InChI is InChI=1S/C14H15IN4/c1-9-2-3-10(15)6-13(9)19-5-4-12-11(7-19)14(16)18-8-17-12/h2-3,6,8H,4-5,7H2,1H3,(H2,16,17,18). The summed E-state index contributed by atoms with van der Waals surface area (Å²) >= 11 is 2.35. The van der Waals surface area contributed by atoms with Crippen molar-refractivity contribution in [2.45, 2.75) is 19.9 Å². The summed E-state index contributed by atoms with van der Waals surface area (Å²) in [4.78, 5) is 10.8. The first-order chi connectivity index (χ1) is 9.15. The van der Waals surface area contributed by atoms with Gasteiger partial charge < -0.3 is 10.6 Å². The van der Waals surface area contributed by atoms with E-state index in [9.17, 15) is 0 Å². The van der Waals surface area contributed by atoms with Crippen molar-refractivity contribution in [3.8, 4) is 0 Å². The smallest absolute Gasteiger partial charge is 0.132 e. The molecule has 3 rings (SSSR count). The summed E-state index contributed by atoms with van der Waals surface area (Å²) in [6, 6.07) is 6.52. The van der Waals surface area contributed by atoms with E-state index in [1.165, 1.54) is 14.8 Å². The van der Waals surface area contributed by atoms with Gasteiger partial charge in [-0.2, -0.15) is 0 Å². The van der Waals surface area contributed by atoms with Gasteiger partial charge >= 0.3 is 0 Å². The van der Waals surface area contributed by atoms with Crippen LogP contribution in [-0.4, -0.2) is 16.5 Å². The van der Waals surface area contributed by atoms with Gasteiger partial charge in [-0.1, -0.05) is 6.07 Å². The van der Waals surface area contributed by atoms with Crippen LogP contribution in [0.2, 0.25) is 0 Å². The van der Waals surface area contributed by atoms with Crippen molar-refractivity contribution < 1.29 is 0 Å². The topological polar surface area (TPSA) is 55.0 Å². The second-order valence-electron chi connectivity index (χ2n) is 4.79. The van der Waals surface area contributed by atoms with Crippen LogP contribution in [-0.2, 0) is 13.0 Å². The predicted molar refractivity (Wildman–Crippen MR) is 85.1 cm³/mol. The quantitative estimate of drug-likeness (QED) is 0.789. The fourth-order valence-corrected chi connectivity index (χ4v) is 2.97. The van der Waals surface area contributed by atoms with Crippen LogP contribution in [0.15, 0.2) is 24.5 Å². The van der Waals surface area contributed by atoms with E-state index in [1.54, 1.807) is 6.33 Å². The lowest BCUT2D eigenvalue weighted by Crippen LogP contribution is -2.32. The van der Waals surface area contributed by atoms with Gasteiger partial charge in [0.05, 0.1) is 5.69 Å². The minimum atomic E-state index is 0.609. The summed E-state index contributed by atoms with van der Waals surface area (Å²) in [7, 11) is 0. The highest BCUT2D eigenvalue weighted by atomic mass is 127. The molecule has 0 amide bonds. The number of fused-ring (bicyclic) bond motifs is 1. The lowest BCUT2D eigenvalue weighted by molar-refractivity contribution is 0.706. The Labute approximate surface area is 126 Å². The second-order valence-corrected chi connectivity index (χ2v) is 6.03. The third-order valence-corrected chi connectivity index (χ3v) is 4.22. The lowest BCUT2D eigenvalue weighted by Gasteiger charge is -2.31. The number of benzene rings is 1. The highest BCUT2D eigenvalue weighted by Crippen LogP contribution is 2.29. The van der Waals surface area contributed by atoms with Crippen molar-refractivity contribution in [1.29, 1.82) is 0 Å². The fraction of sp³-hybridized carbons (Fsp3) is 0.286. The van der Waals surface area contributed by atoms with E-state index < -0.39 is 0 Å². The van der Waals surface area contributed by atoms with Gasteiger partial charge in [-0.15, -0.1) is 0 Å². The zero-order chi connectivity index (χ0) is 13.4. The van der Waals surface area contributed by atoms with Crippen LogP contribution in [0.3, 0.4) is 0 Å². The summed E-state index contributed by atoms with van der Waals surface area (Å²) in [5.41, 5.74) is 10.7. The number of aryl methyl sites for hydroxylation is 1. The molecule has 0 bridgehead atoms. The minimum Gasteiger partial charge on any atom is -0.383 e. The third kappa shape index (κ3) is 2.39. The highest BCUT2D eigenvalue weighted by molar-refractivity contribution is 14.1. The molecule has 1 aliphatic rings. The number of aromatic nitrogens is 2. The summed E-state index contributed by atoms with van der Waals surface area (Å²) < 4.78 is 1.25. The molecule has 4 nitrogen and oxygen atoms in total. The van der Waals surface area contributed by atoms with E-state index in [-0.39, 0.29) is 0 Å². The molecule has 0 fully saturated rings. The zero-order valence-corrected chi connectivity index (χ0v) is 12.9. The van der Waals surface area contributed by atoms with Crippen molar-refractivity contribution in [2.75, 3.05) is 17.2 Å². The maximum atomic E-state index is 5.97. The number of nitrogens with zero attached hydrogens (tertiary/aromatic N) is 3. The van der Waals surface area contributed by atoms with Crippen LogP contribution in [0.1, 0.15) is 16.8 Å². The molecule has 2 heterocycles. The van der Waals surface area contributed by atoms with E-state index in [1.807, 2.05) is 0 Å². The summed E-state index contributed by atoms with van der Waals surface area (Å²) in [6.07, 6.45) is 2.48. The van der Waals surface area contributed by atoms with Crippen molar-refractivity contribution in [2.24, 2.45) is 0 Å². The van der Waals surface area contributed by atoms with Crippen molar-refractivity contribution >= 4 is 34.1 Å². The van der Waals surface area contributed by atoms with E-state index in [0.717, 1.165) is 30.8 Å². The van der Waals surface area contributed by atoms with Gasteiger partial charge in [0.2, 0.25) is 0 Å². The van der Waals surface area contributed by atoms with Gasteiger partial charge in [0.25, 0.3) is 0 Å². The molecule has 19 heavy (non-hydrogen) atoms. The van der Waals surface area contributed by atoms with Gasteiger partial charge in [0, 0.05) is 34.3 Å². The van der Waals surface area contributed by atoms with E-state index >= 15 is 0 Å². The molecule has 0 spiro atoms. The Morgan fingerprint density at radius 3 is 3.00 bits per heavy atom. The second kappa shape index (κ2) is 4.96. The monoisotopic (exact) mass is 366 g/mol. The first kappa shape index (κ1) is 12.7. The number of rotatable bonds is 1. The van der Waals surface area contributed by atoms with Gasteiger partial charge in [-0.05, 0) is 47.2 Å². The average molecular weight is 366 g/mol. The van der Waals surface area contributed by atoms with E-state index in [0.29, 0.717) is 5.82 Å². The molecular formula is C14H15IN4. The van der Waals surface area contributed by atoms with Gasteiger partial charge in [0.15, 0.2) is 0 Å². The molecule has 0 radical (unpaired) electrons. The van der Waals surface area contributed by atoms with E-state index in [2.05, 4.69) is 62.6 Å². The van der Waals surface area contributed by atoms with Crippen LogP contribution in [0, 0.1) is 10.5 Å². The normalized spacial score (nSPS) is 14.3. The van der Waals surface area contributed by atoms with Crippen molar-refractivity contribution in [1.82, 2.24) is 9.97 Å². The molecule has 5 heteroatoms. The molecule has 2 N–H and O–H groups in total. The first-order valence-electron chi connectivity index (χ1n) is 6.24. The Hall–Kier alpha value is -1.37. The Balaban J connectivity index is 1.97. The number of anilines is 2. The van der Waals surface area contributed by atoms with Crippen LogP contribution >= 0.6 is 22.6 Å².